The maximum atomic E-state index is 13.1. The molecule has 0 spiro atoms. The third-order valence-electron chi connectivity index (χ3n) is 4.74. The van der Waals surface area contributed by atoms with E-state index in [0.717, 1.165) is 24.0 Å². The molecule has 2 aromatic carbocycles. The number of primary sulfonamides is 1. The predicted molar refractivity (Wildman–Crippen MR) is 96.7 cm³/mol. The molecule has 1 saturated heterocycles. The van der Waals surface area contributed by atoms with Crippen LogP contribution in [0.25, 0.3) is 0 Å². The van der Waals surface area contributed by atoms with E-state index in [2.05, 4.69) is 12.1 Å². The van der Waals surface area contributed by atoms with Crippen LogP contribution >= 0.6 is 0 Å². The number of rotatable bonds is 3. The lowest BCUT2D eigenvalue weighted by atomic mass is 10.0. The summed E-state index contributed by atoms with van der Waals surface area (Å²) in [6.07, 6.45) is 1.83. The second-order valence-corrected chi connectivity index (χ2v) is 8.15. The van der Waals surface area contributed by atoms with Crippen molar-refractivity contribution in [1.82, 2.24) is 4.90 Å². The zero-order chi connectivity index (χ0) is 18.2. The minimum atomic E-state index is -3.84. The van der Waals surface area contributed by atoms with Crippen molar-refractivity contribution in [3.63, 3.8) is 0 Å². The van der Waals surface area contributed by atoms with E-state index in [-0.39, 0.29) is 16.8 Å². The summed E-state index contributed by atoms with van der Waals surface area (Å²) in [6.45, 7) is 4.50. The van der Waals surface area contributed by atoms with Gasteiger partial charge in [-0.3, -0.25) is 4.79 Å². The topological polar surface area (TPSA) is 80.5 Å². The quantitative estimate of drug-likeness (QED) is 0.916. The molecule has 1 amide bonds. The zero-order valence-corrected chi connectivity index (χ0v) is 15.2. The molecule has 0 radical (unpaired) electrons. The second-order valence-electron chi connectivity index (χ2n) is 6.59. The van der Waals surface area contributed by atoms with E-state index in [0.29, 0.717) is 12.1 Å². The monoisotopic (exact) mass is 358 g/mol. The Bertz CT molecular complexity index is 905. The lowest BCUT2D eigenvalue weighted by molar-refractivity contribution is 0.0734. The molecule has 1 heterocycles. The minimum Gasteiger partial charge on any atom is -0.332 e. The van der Waals surface area contributed by atoms with Crippen LogP contribution < -0.4 is 5.14 Å². The summed E-state index contributed by atoms with van der Waals surface area (Å²) in [5.41, 5.74) is 3.42. The normalized spacial score (nSPS) is 17.7. The average molecular weight is 358 g/mol. The Kier molecular flexibility index (Phi) is 4.67. The average Bonchev–Trinajstić information content (AvgIpc) is 3.04. The zero-order valence-electron chi connectivity index (χ0n) is 14.4. The summed E-state index contributed by atoms with van der Waals surface area (Å²) >= 11 is 0. The molecule has 2 N–H and O–H groups in total. The number of amides is 1. The molecule has 0 bridgehead atoms. The first-order chi connectivity index (χ1) is 11.8. The molecule has 1 aliphatic rings. The van der Waals surface area contributed by atoms with Crippen molar-refractivity contribution >= 4 is 15.9 Å². The smallest absolute Gasteiger partial charge is 0.254 e. The van der Waals surface area contributed by atoms with E-state index >= 15 is 0 Å². The third-order valence-corrected chi connectivity index (χ3v) is 5.65. The van der Waals surface area contributed by atoms with Gasteiger partial charge in [-0.2, -0.15) is 0 Å². The first-order valence-corrected chi connectivity index (χ1v) is 9.83. The van der Waals surface area contributed by atoms with Crippen LogP contribution in [0.4, 0.5) is 0 Å². The van der Waals surface area contributed by atoms with Crippen LogP contribution in [0.1, 0.15) is 45.9 Å². The van der Waals surface area contributed by atoms with E-state index < -0.39 is 10.0 Å². The molecule has 25 heavy (non-hydrogen) atoms. The number of hydrogen-bond acceptors (Lipinski definition) is 3. The largest absolute Gasteiger partial charge is 0.332 e. The maximum Gasteiger partial charge on any atom is 0.254 e. The van der Waals surface area contributed by atoms with Gasteiger partial charge >= 0.3 is 0 Å². The molecule has 3 rings (SSSR count). The summed E-state index contributed by atoms with van der Waals surface area (Å²) in [5, 5.41) is 5.21. The van der Waals surface area contributed by atoms with Crippen molar-refractivity contribution in [1.29, 1.82) is 0 Å². The maximum absolute atomic E-state index is 13.1. The molecule has 0 aliphatic carbocycles. The Morgan fingerprint density at radius 2 is 1.80 bits per heavy atom. The SMILES string of the molecule is Cc1ccc(C2CCCN2C(=O)c2cc(S(N)(=O)=O)ccc2C)cc1. The number of nitrogens with two attached hydrogens (primary N) is 1. The second kappa shape index (κ2) is 6.61. The highest BCUT2D eigenvalue weighted by molar-refractivity contribution is 7.89. The summed E-state index contributed by atoms with van der Waals surface area (Å²) in [5.74, 6) is -0.147. The number of benzene rings is 2. The fourth-order valence-electron chi connectivity index (χ4n) is 3.31. The van der Waals surface area contributed by atoms with E-state index in [9.17, 15) is 13.2 Å². The lowest BCUT2D eigenvalue weighted by Crippen LogP contribution is -2.31. The minimum absolute atomic E-state index is 0.0191. The molecule has 132 valence electrons. The molecule has 6 heteroatoms. The molecule has 2 aromatic rings. The summed E-state index contributed by atoms with van der Waals surface area (Å²) in [6, 6.07) is 12.7. The molecule has 1 atom stereocenters. The van der Waals surface area contributed by atoms with Gasteiger partial charge in [0, 0.05) is 12.1 Å². The molecular formula is C19H22N2O3S. The number of nitrogens with zero attached hydrogens (tertiary/aromatic N) is 1. The number of hydrogen-bond donors (Lipinski definition) is 1. The van der Waals surface area contributed by atoms with Crippen LogP contribution in [0.15, 0.2) is 47.4 Å². The molecule has 1 aliphatic heterocycles. The number of sulfonamides is 1. The first-order valence-electron chi connectivity index (χ1n) is 8.28. The highest BCUT2D eigenvalue weighted by atomic mass is 32.2. The molecule has 5 nitrogen and oxygen atoms in total. The van der Waals surface area contributed by atoms with Crippen LogP contribution in [0.2, 0.25) is 0 Å². The van der Waals surface area contributed by atoms with Crippen LogP contribution in [0.3, 0.4) is 0 Å². The fourth-order valence-corrected chi connectivity index (χ4v) is 3.85. The van der Waals surface area contributed by atoms with Gasteiger partial charge in [-0.1, -0.05) is 35.9 Å². The first kappa shape index (κ1) is 17.6. The number of aryl methyl sites for hydroxylation is 2. The standard InChI is InChI=1S/C19H22N2O3S/c1-13-5-8-15(9-6-13)18-4-3-11-21(18)19(22)17-12-16(25(20,23)24)10-7-14(17)2/h5-10,12,18H,3-4,11H2,1-2H3,(H2,20,23,24). The van der Waals surface area contributed by atoms with E-state index in [1.807, 2.05) is 24.0 Å². The molecule has 0 saturated carbocycles. The number of carbonyl (C=O) groups excluding carboxylic acids is 1. The van der Waals surface area contributed by atoms with Crippen molar-refractivity contribution in [3.05, 3.63) is 64.7 Å². The van der Waals surface area contributed by atoms with Crippen molar-refractivity contribution < 1.29 is 13.2 Å². The van der Waals surface area contributed by atoms with E-state index in [4.69, 9.17) is 5.14 Å². The van der Waals surface area contributed by atoms with Gasteiger partial charge in [0.2, 0.25) is 10.0 Å². The van der Waals surface area contributed by atoms with Crippen molar-refractivity contribution in [2.45, 2.75) is 37.6 Å². The summed E-state index contributed by atoms with van der Waals surface area (Å²) in [4.78, 5) is 14.9. The van der Waals surface area contributed by atoms with Gasteiger partial charge in [-0.05, 0) is 49.9 Å². The number of carbonyl (C=O) groups is 1. The Hall–Kier alpha value is -2.18. The Balaban J connectivity index is 1.96. The fraction of sp³-hybridized carbons (Fsp3) is 0.316. The van der Waals surface area contributed by atoms with Crippen LogP contribution in [-0.2, 0) is 10.0 Å². The van der Waals surface area contributed by atoms with Gasteiger partial charge in [-0.15, -0.1) is 0 Å². The highest BCUT2D eigenvalue weighted by Gasteiger charge is 2.31. The van der Waals surface area contributed by atoms with E-state index in [1.165, 1.54) is 17.7 Å². The summed E-state index contributed by atoms with van der Waals surface area (Å²) < 4.78 is 23.2. The van der Waals surface area contributed by atoms with Gasteiger partial charge in [0.1, 0.15) is 0 Å². The van der Waals surface area contributed by atoms with E-state index in [1.54, 1.807) is 13.0 Å². The predicted octanol–water partition coefficient (Wildman–Crippen LogP) is 2.93. The van der Waals surface area contributed by atoms with Crippen LogP contribution in [-0.4, -0.2) is 25.8 Å². The van der Waals surface area contributed by atoms with Gasteiger partial charge in [-0.25, -0.2) is 13.6 Å². The van der Waals surface area contributed by atoms with Crippen LogP contribution in [0.5, 0.6) is 0 Å². The van der Waals surface area contributed by atoms with Gasteiger partial charge in [0.15, 0.2) is 0 Å². The van der Waals surface area contributed by atoms with Crippen LogP contribution in [0, 0.1) is 13.8 Å². The number of likely N-dealkylation sites (tertiary alicyclic amines) is 1. The Morgan fingerprint density at radius 1 is 1.12 bits per heavy atom. The van der Waals surface area contributed by atoms with Gasteiger partial charge in [0.05, 0.1) is 10.9 Å². The highest BCUT2D eigenvalue weighted by Crippen LogP contribution is 2.34. The third kappa shape index (κ3) is 3.60. The molecule has 0 aromatic heterocycles. The Morgan fingerprint density at radius 3 is 2.44 bits per heavy atom. The molecule has 1 unspecified atom stereocenters. The van der Waals surface area contributed by atoms with Gasteiger partial charge in [0.25, 0.3) is 5.91 Å². The Labute approximate surface area is 148 Å². The molecular weight excluding hydrogens is 336 g/mol. The summed E-state index contributed by atoms with van der Waals surface area (Å²) in [7, 11) is -3.84. The lowest BCUT2D eigenvalue weighted by Gasteiger charge is -2.26. The van der Waals surface area contributed by atoms with Crippen molar-refractivity contribution in [2.75, 3.05) is 6.54 Å². The van der Waals surface area contributed by atoms with Crippen molar-refractivity contribution in [2.24, 2.45) is 5.14 Å². The van der Waals surface area contributed by atoms with Gasteiger partial charge < -0.3 is 4.90 Å². The van der Waals surface area contributed by atoms with Crippen molar-refractivity contribution in [3.8, 4) is 0 Å². The molecule has 1 fully saturated rings.